The Hall–Kier alpha value is -2.08. The van der Waals surface area contributed by atoms with Gasteiger partial charge in [0, 0.05) is 31.7 Å². The molecule has 0 amide bonds. The lowest BCUT2D eigenvalue weighted by atomic mass is 9.97. The number of aliphatic hydroxyl groups is 1. The molecular formula is C25H36N2O3. The molecule has 1 heterocycles. The van der Waals surface area contributed by atoms with Crippen molar-refractivity contribution >= 4 is 0 Å². The Bertz CT molecular complexity index is 750. The Labute approximate surface area is 181 Å². The molecule has 164 valence electrons. The van der Waals surface area contributed by atoms with E-state index in [2.05, 4.69) is 41.1 Å². The van der Waals surface area contributed by atoms with Gasteiger partial charge in [-0.2, -0.15) is 0 Å². The second-order valence-electron chi connectivity index (χ2n) is 8.28. The summed E-state index contributed by atoms with van der Waals surface area (Å²) in [6, 6.07) is 16.6. The van der Waals surface area contributed by atoms with Gasteiger partial charge in [-0.05, 0) is 62.5 Å². The first-order valence-corrected chi connectivity index (χ1v) is 11.0. The topological polar surface area (TPSA) is 45.2 Å². The van der Waals surface area contributed by atoms with E-state index in [9.17, 15) is 0 Å². The molecule has 1 unspecified atom stereocenters. The number of hydrogen-bond donors (Lipinski definition) is 1. The molecule has 1 N–H and O–H groups in total. The predicted octanol–water partition coefficient (Wildman–Crippen LogP) is 3.45. The smallest absolute Gasteiger partial charge is 0.123 e. The van der Waals surface area contributed by atoms with Gasteiger partial charge in [0.1, 0.15) is 18.1 Å². The number of para-hydroxylation sites is 1. The van der Waals surface area contributed by atoms with E-state index in [1.807, 2.05) is 24.3 Å². The Morgan fingerprint density at radius 3 is 2.70 bits per heavy atom. The van der Waals surface area contributed by atoms with Crippen molar-refractivity contribution in [3.63, 3.8) is 0 Å². The molecule has 2 aromatic rings. The number of methoxy groups -OCH3 is 1. The van der Waals surface area contributed by atoms with Crippen LogP contribution in [-0.2, 0) is 13.0 Å². The van der Waals surface area contributed by atoms with Crippen LogP contribution in [0.2, 0.25) is 0 Å². The minimum Gasteiger partial charge on any atom is -0.497 e. The largest absolute Gasteiger partial charge is 0.497 e. The number of piperidine rings is 1. The lowest BCUT2D eigenvalue weighted by molar-refractivity contribution is 0.141. The van der Waals surface area contributed by atoms with Gasteiger partial charge in [-0.25, -0.2) is 0 Å². The fraction of sp³-hybridized carbons (Fsp3) is 0.520. The lowest BCUT2D eigenvalue weighted by Crippen LogP contribution is -2.40. The number of ether oxygens (including phenoxy) is 2. The average Bonchev–Trinajstić information content (AvgIpc) is 2.77. The fourth-order valence-electron chi connectivity index (χ4n) is 4.31. The summed E-state index contributed by atoms with van der Waals surface area (Å²) in [6.45, 7) is 5.82. The van der Waals surface area contributed by atoms with E-state index in [1.165, 1.54) is 37.1 Å². The number of nitrogens with zero attached hydrogens (tertiary/aromatic N) is 2. The average molecular weight is 413 g/mol. The van der Waals surface area contributed by atoms with Gasteiger partial charge in [0.05, 0.1) is 13.7 Å². The Morgan fingerprint density at radius 2 is 1.93 bits per heavy atom. The second kappa shape index (κ2) is 11.9. The normalized spacial score (nSPS) is 17.3. The molecule has 0 saturated carbocycles. The van der Waals surface area contributed by atoms with Crippen molar-refractivity contribution in [3.05, 3.63) is 59.7 Å². The maximum Gasteiger partial charge on any atom is 0.123 e. The molecular weight excluding hydrogens is 376 g/mol. The fourth-order valence-corrected chi connectivity index (χ4v) is 4.31. The van der Waals surface area contributed by atoms with Gasteiger partial charge in [-0.15, -0.1) is 0 Å². The summed E-state index contributed by atoms with van der Waals surface area (Å²) in [5.74, 6) is 2.50. The number of benzene rings is 2. The number of hydrogen-bond acceptors (Lipinski definition) is 5. The van der Waals surface area contributed by atoms with Gasteiger partial charge >= 0.3 is 0 Å². The molecule has 0 radical (unpaired) electrons. The van der Waals surface area contributed by atoms with Gasteiger partial charge in [-0.1, -0.05) is 30.3 Å². The molecule has 1 saturated heterocycles. The van der Waals surface area contributed by atoms with Crippen molar-refractivity contribution in [2.24, 2.45) is 5.92 Å². The van der Waals surface area contributed by atoms with Crippen LogP contribution in [0.3, 0.4) is 0 Å². The third-order valence-corrected chi connectivity index (χ3v) is 5.81. The summed E-state index contributed by atoms with van der Waals surface area (Å²) in [5.41, 5.74) is 2.55. The van der Waals surface area contributed by atoms with Crippen LogP contribution in [0, 0.1) is 5.92 Å². The number of rotatable bonds is 11. The molecule has 1 atom stereocenters. The van der Waals surface area contributed by atoms with Crippen LogP contribution in [-0.4, -0.2) is 68.5 Å². The van der Waals surface area contributed by atoms with Crippen molar-refractivity contribution in [3.8, 4) is 11.5 Å². The van der Waals surface area contributed by atoms with E-state index in [4.69, 9.17) is 14.6 Å². The van der Waals surface area contributed by atoms with Crippen LogP contribution in [0.1, 0.15) is 24.0 Å². The first kappa shape index (κ1) is 22.6. The molecule has 0 spiro atoms. The van der Waals surface area contributed by atoms with Crippen molar-refractivity contribution < 1.29 is 14.6 Å². The summed E-state index contributed by atoms with van der Waals surface area (Å²) < 4.78 is 10.9. The van der Waals surface area contributed by atoms with E-state index < -0.39 is 0 Å². The first-order valence-electron chi connectivity index (χ1n) is 11.0. The van der Waals surface area contributed by atoms with Gasteiger partial charge in [0.25, 0.3) is 0 Å². The van der Waals surface area contributed by atoms with E-state index >= 15 is 0 Å². The number of likely N-dealkylation sites (tertiary alicyclic amines) is 1. The van der Waals surface area contributed by atoms with Crippen LogP contribution in [0.4, 0.5) is 0 Å². The summed E-state index contributed by atoms with van der Waals surface area (Å²) in [7, 11) is 3.90. The van der Waals surface area contributed by atoms with Crippen molar-refractivity contribution in [2.45, 2.75) is 25.8 Å². The highest BCUT2D eigenvalue weighted by Gasteiger charge is 2.21. The van der Waals surface area contributed by atoms with Crippen LogP contribution in [0.15, 0.2) is 48.5 Å². The van der Waals surface area contributed by atoms with Crippen LogP contribution in [0.5, 0.6) is 11.5 Å². The highest BCUT2D eigenvalue weighted by molar-refractivity contribution is 5.33. The zero-order chi connectivity index (χ0) is 21.2. The van der Waals surface area contributed by atoms with Crippen LogP contribution in [0.25, 0.3) is 0 Å². The molecule has 0 bridgehead atoms. The maximum absolute atomic E-state index is 9.04. The third kappa shape index (κ3) is 7.01. The first-order chi connectivity index (χ1) is 14.7. The summed E-state index contributed by atoms with van der Waals surface area (Å²) in [6.07, 6.45) is 3.66. The highest BCUT2D eigenvalue weighted by Crippen LogP contribution is 2.22. The molecule has 0 aromatic heterocycles. The van der Waals surface area contributed by atoms with Crippen molar-refractivity contribution in [1.82, 2.24) is 9.80 Å². The second-order valence-corrected chi connectivity index (χ2v) is 8.28. The van der Waals surface area contributed by atoms with Gasteiger partial charge in [0.2, 0.25) is 0 Å². The standard InChI is InChI=1S/C25H36N2O3/c1-26(20-23-7-3-4-8-25(23)30-17-16-28)18-22-6-5-14-27(19-22)15-13-21-9-11-24(29-2)12-10-21/h3-4,7-12,22,28H,5-6,13-20H2,1-2H3. The van der Waals surface area contributed by atoms with Crippen LogP contribution >= 0.6 is 0 Å². The quantitative estimate of drug-likeness (QED) is 0.612. The minimum atomic E-state index is 0.0403. The molecule has 1 aliphatic heterocycles. The van der Waals surface area contributed by atoms with Crippen molar-refractivity contribution in [2.75, 3.05) is 53.6 Å². The van der Waals surface area contributed by atoms with Crippen molar-refractivity contribution in [1.29, 1.82) is 0 Å². The molecule has 30 heavy (non-hydrogen) atoms. The lowest BCUT2D eigenvalue weighted by Gasteiger charge is -2.35. The van der Waals surface area contributed by atoms with Gasteiger partial charge < -0.3 is 24.4 Å². The molecule has 2 aromatic carbocycles. The van der Waals surface area contributed by atoms with Crippen LogP contribution < -0.4 is 9.47 Å². The molecule has 3 rings (SSSR count). The molecule has 1 fully saturated rings. The van der Waals surface area contributed by atoms with Gasteiger partial charge in [-0.3, -0.25) is 0 Å². The zero-order valence-corrected chi connectivity index (χ0v) is 18.4. The SMILES string of the molecule is COc1ccc(CCN2CCCC(CN(C)Cc3ccccc3OCCO)C2)cc1. The predicted molar refractivity (Wildman–Crippen MR) is 121 cm³/mol. The third-order valence-electron chi connectivity index (χ3n) is 5.81. The number of aliphatic hydroxyl groups excluding tert-OH is 1. The van der Waals surface area contributed by atoms with Gasteiger partial charge in [0.15, 0.2) is 0 Å². The maximum atomic E-state index is 9.04. The van der Waals surface area contributed by atoms with E-state index in [0.29, 0.717) is 12.5 Å². The monoisotopic (exact) mass is 412 g/mol. The molecule has 1 aliphatic rings. The van der Waals surface area contributed by atoms with E-state index in [0.717, 1.165) is 37.6 Å². The highest BCUT2D eigenvalue weighted by atomic mass is 16.5. The summed E-state index contributed by atoms with van der Waals surface area (Å²) in [5, 5.41) is 9.04. The molecule has 5 nitrogen and oxygen atoms in total. The molecule has 0 aliphatic carbocycles. The zero-order valence-electron chi connectivity index (χ0n) is 18.4. The Morgan fingerprint density at radius 1 is 1.13 bits per heavy atom. The summed E-state index contributed by atoms with van der Waals surface area (Å²) in [4.78, 5) is 5.02. The van der Waals surface area contributed by atoms with E-state index in [1.54, 1.807) is 7.11 Å². The Balaban J connectivity index is 1.46. The minimum absolute atomic E-state index is 0.0403. The molecule has 5 heteroatoms. The Kier molecular flexibility index (Phi) is 9.00. The van der Waals surface area contributed by atoms with E-state index in [-0.39, 0.29) is 6.61 Å². The summed E-state index contributed by atoms with van der Waals surface area (Å²) >= 11 is 0.